The van der Waals surface area contributed by atoms with Crippen LogP contribution in [0.1, 0.15) is 48.2 Å². The van der Waals surface area contributed by atoms with Gasteiger partial charge in [0.2, 0.25) is 0 Å². The minimum Gasteiger partial charge on any atom is -0.334 e. The summed E-state index contributed by atoms with van der Waals surface area (Å²) in [6, 6.07) is 0.127. The smallest absolute Gasteiger partial charge is 0.265 e. The number of hydrogen-bond acceptors (Lipinski definition) is 4. The van der Waals surface area contributed by atoms with Crippen LogP contribution in [0.3, 0.4) is 0 Å². The highest BCUT2D eigenvalue weighted by Crippen LogP contribution is 2.33. The fourth-order valence-electron chi connectivity index (χ4n) is 3.34. The van der Waals surface area contributed by atoms with Gasteiger partial charge in [0.1, 0.15) is 10.7 Å². The van der Waals surface area contributed by atoms with E-state index in [1.165, 1.54) is 11.3 Å². The van der Waals surface area contributed by atoms with Gasteiger partial charge in [-0.2, -0.15) is 0 Å². The van der Waals surface area contributed by atoms with Crippen molar-refractivity contribution in [2.24, 2.45) is 5.92 Å². The molecule has 2 aliphatic rings. The molecule has 1 aliphatic carbocycles. The highest BCUT2D eigenvalue weighted by atomic mass is 32.1. The van der Waals surface area contributed by atoms with E-state index >= 15 is 0 Å². The lowest BCUT2D eigenvalue weighted by Crippen LogP contribution is -2.43. The van der Waals surface area contributed by atoms with Crippen LogP contribution in [-0.4, -0.2) is 34.2 Å². The number of nitrogens with zero attached hydrogens (tertiary/aromatic N) is 2. The Kier molecular flexibility index (Phi) is 3.64. The molecule has 2 fully saturated rings. The molecular weight excluding hydrogens is 260 g/mol. The number of aromatic nitrogens is 1. The van der Waals surface area contributed by atoms with E-state index in [1.54, 1.807) is 11.7 Å². The molecule has 2 unspecified atom stereocenters. The van der Waals surface area contributed by atoms with Gasteiger partial charge in [-0.15, -0.1) is 11.3 Å². The van der Waals surface area contributed by atoms with Gasteiger partial charge in [0.15, 0.2) is 0 Å². The normalized spacial score (nSPS) is 27.8. The first kappa shape index (κ1) is 12.8. The van der Waals surface area contributed by atoms with Crippen LogP contribution in [0.5, 0.6) is 0 Å². The molecule has 5 heteroatoms. The molecule has 3 rings (SSSR count). The maximum absolute atomic E-state index is 12.5. The summed E-state index contributed by atoms with van der Waals surface area (Å²) in [6.07, 6.45) is 7.41. The number of likely N-dealkylation sites (tertiary alicyclic amines) is 1. The third kappa shape index (κ3) is 2.43. The van der Waals surface area contributed by atoms with E-state index in [2.05, 4.69) is 4.98 Å². The molecule has 1 aromatic rings. The molecule has 2 heterocycles. The summed E-state index contributed by atoms with van der Waals surface area (Å²) < 4.78 is 0. The van der Waals surface area contributed by atoms with E-state index < -0.39 is 0 Å². The molecule has 19 heavy (non-hydrogen) atoms. The fourth-order valence-corrected chi connectivity index (χ4v) is 3.92. The molecule has 0 N–H and O–H groups in total. The number of rotatable bonds is 2. The highest BCUT2D eigenvalue weighted by molar-refractivity contribution is 7.11. The molecule has 0 radical (unpaired) electrons. The number of Topliss-reactive ketones (excluding diaryl/α,β-unsaturated/α-hetero) is 1. The lowest BCUT2D eigenvalue weighted by Gasteiger charge is -2.32. The summed E-state index contributed by atoms with van der Waals surface area (Å²) in [5, 5.41) is 0. The Labute approximate surface area is 116 Å². The summed E-state index contributed by atoms with van der Waals surface area (Å²) >= 11 is 1.38. The van der Waals surface area contributed by atoms with Gasteiger partial charge in [0.05, 0.1) is 11.7 Å². The Morgan fingerprint density at radius 2 is 2.21 bits per heavy atom. The minimum atomic E-state index is 0.0587. The van der Waals surface area contributed by atoms with Gasteiger partial charge < -0.3 is 4.90 Å². The van der Waals surface area contributed by atoms with Crippen molar-refractivity contribution >= 4 is 23.0 Å². The summed E-state index contributed by atoms with van der Waals surface area (Å²) in [6.45, 7) is 0.783. The van der Waals surface area contributed by atoms with E-state index in [-0.39, 0.29) is 17.9 Å². The molecule has 1 amide bonds. The standard InChI is InChI=1S/C14H18N2O2S/c17-12-6-2-1-4-10(12)11-5-3-7-16(11)14(18)13-8-15-9-19-13/h8-11H,1-7H2. The second kappa shape index (κ2) is 5.41. The third-order valence-electron chi connectivity index (χ3n) is 4.27. The Morgan fingerprint density at radius 3 is 2.95 bits per heavy atom. The molecule has 1 saturated carbocycles. The van der Waals surface area contributed by atoms with Crippen molar-refractivity contribution in [3.63, 3.8) is 0 Å². The van der Waals surface area contributed by atoms with Gasteiger partial charge in [-0.1, -0.05) is 6.42 Å². The number of thiazole rings is 1. The molecule has 0 spiro atoms. The van der Waals surface area contributed by atoms with Crippen molar-refractivity contribution < 1.29 is 9.59 Å². The molecule has 1 aliphatic heterocycles. The number of amides is 1. The minimum absolute atomic E-state index is 0.0587. The average Bonchev–Trinajstić information content (AvgIpc) is 3.10. The molecular formula is C14H18N2O2S. The van der Waals surface area contributed by atoms with Crippen LogP contribution in [0, 0.1) is 5.92 Å². The Morgan fingerprint density at radius 1 is 1.32 bits per heavy atom. The summed E-state index contributed by atoms with van der Waals surface area (Å²) in [4.78, 5) is 31.1. The number of carbonyl (C=O) groups is 2. The molecule has 0 aromatic carbocycles. The molecule has 4 nitrogen and oxygen atoms in total. The first-order valence-electron chi connectivity index (χ1n) is 6.99. The predicted molar refractivity (Wildman–Crippen MR) is 73.1 cm³/mol. The van der Waals surface area contributed by atoms with E-state index in [0.29, 0.717) is 17.1 Å². The van der Waals surface area contributed by atoms with Crippen molar-refractivity contribution in [2.45, 2.75) is 44.6 Å². The lowest BCUT2D eigenvalue weighted by molar-refractivity contribution is -0.126. The SMILES string of the molecule is O=C1CCCCC1C1CCCN1C(=O)c1cncs1. The highest BCUT2D eigenvalue weighted by Gasteiger charge is 2.39. The van der Waals surface area contributed by atoms with Crippen LogP contribution in [0.4, 0.5) is 0 Å². The van der Waals surface area contributed by atoms with Crippen LogP contribution in [0.15, 0.2) is 11.7 Å². The summed E-state index contributed by atoms with van der Waals surface area (Å²) in [5.74, 6) is 0.497. The molecule has 1 saturated heterocycles. The second-order valence-corrected chi connectivity index (χ2v) is 6.28. The van der Waals surface area contributed by atoms with Gasteiger partial charge in [-0.05, 0) is 25.7 Å². The van der Waals surface area contributed by atoms with Crippen molar-refractivity contribution in [3.05, 3.63) is 16.6 Å². The third-order valence-corrected chi connectivity index (χ3v) is 5.03. The maximum Gasteiger partial charge on any atom is 0.265 e. The fraction of sp³-hybridized carbons (Fsp3) is 0.643. The van der Waals surface area contributed by atoms with Gasteiger partial charge >= 0.3 is 0 Å². The van der Waals surface area contributed by atoms with Gasteiger partial charge in [-0.3, -0.25) is 14.6 Å². The Hall–Kier alpha value is -1.23. The van der Waals surface area contributed by atoms with Crippen molar-refractivity contribution in [3.8, 4) is 0 Å². The van der Waals surface area contributed by atoms with Crippen LogP contribution < -0.4 is 0 Å². The Balaban J connectivity index is 1.77. The molecule has 102 valence electrons. The van der Waals surface area contributed by atoms with E-state index in [1.807, 2.05) is 4.90 Å². The lowest BCUT2D eigenvalue weighted by atomic mass is 9.82. The molecule has 1 aromatic heterocycles. The van der Waals surface area contributed by atoms with Crippen molar-refractivity contribution in [1.29, 1.82) is 0 Å². The first-order valence-corrected chi connectivity index (χ1v) is 7.87. The topological polar surface area (TPSA) is 50.3 Å². The van der Waals surface area contributed by atoms with E-state index in [9.17, 15) is 9.59 Å². The molecule has 2 atom stereocenters. The first-order chi connectivity index (χ1) is 9.27. The Bertz CT molecular complexity index is 472. The quantitative estimate of drug-likeness (QED) is 0.835. The van der Waals surface area contributed by atoms with Crippen LogP contribution >= 0.6 is 11.3 Å². The zero-order valence-corrected chi connectivity index (χ0v) is 11.7. The van der Waals surface area contributed by atoms with Gasteiger partial charge in [-0.25, -0.2) is 0 Å². The van der Waals surface area contributed by atoms with Crippen molar-refractivity contribution in [2.75, 3.05) is 6.54 Å². The van der Waals surface area contributed by atoms with Gasteiger partial charge in [0.25, 0.3) is 5.91 Å². The summed E-state index contributed by atoms with van der Waals surface area (Å²) in [7, 11) is 0. The van der Waals surface area contributed by atoms with Crippen LogP contribution in [-0.2, 0) is 4.79 Å². The zero-order valence-electron chi connectivity index (χ0n) is 10.9. The van der Waals surface area contributed by atoms with Crippen molar-refractivity contribution in [1.82, 2.24) is 9.88 Å². The maximum atomic E-state index is 12.5. The zero-order chi connectivity index (χ0) is 13.2. The second-order valence-electron chi connectivity index (χ2n) is 5.39. The monoisotopic (exact) mass is 278 g/mol. The molecule has 0 bridgehead atoms. The number of ketones is 1. The van der Waals surface area contributed by atoms with E-state index in [4.69, 9.17) is 0 Å². The van der Waals surface area contributed by atoms with E-state index in [0.717, 1.165) is 38.6 Å². The van der Waals surface area contributed by atoms with Crippen LogP contribution in [0.2, 0.25) is 0 Å². The largest absolute Gasteiger partial charge is 0.334 e. The number of hydrogen-bond donors (Lipinski definition) is 0. The average molecular weight is 278 g/mol. The summed E-state index contributed by atoms with van der Waals surface area (Å²) in [5.41, 5.74) is 1.68. The number of carbonyl (C=O) groups excluding carboxylic acids is 2. The van der Waals surface area contributed by atoms with Crippen LogP contribution in [0.25, 0.3) is 0 Å². The van der Waals surface area contributed by atoms with Gasteiger partial charge in [0, 0.05) is 24.9 Å². The predicted octanol–water partition coefficient (Wildman–Crippen LogP) is 2.51.